The number of aromatic nitrogens is 3. The lowest BCUT2D eigenvalue weighted by molar-refractivity contribution is 0.588. The summed E-state index contributed by atoms with van der Waals surface area (Å²) < 4.78 is 2.18. The fourth-order valence-electron chi connectivity index (χ4n) is 2.23. The fourth-order valence-corrected chi connectivity index (χ4v) is 3.03. The van der Waals surface area contributed by atoms with Crippen LogP contribution in [0.25, 0.3) is 0 Å². The first-order chi connectivity index (χ1) is 11.2. The molecular formula is C16H26N6S. The van der Waals surface area contributed by atoms with Crippen molar-refractivity contribution in [2.75, 3.05) is 13.6 Å². The van der Waals surface area contributed by atoms with Crippen LogP contribution in [0, 0.1) is 6.92 Å². The van der Waals surface area contributed by atoms with Gasteiger partial charge in [-0.2, -0.15) is 0 Å². The standard InChI is InChI=1S/C16H26N6S/c1-4-14-11-20-15(23-14)12-21-16(17-3)19-7-5-6-9-22-10-8-18-13(22)2/h8,10-11H,4-7,9,12H2,1-3H3,(H2,17,19,21). The average molecular weight is 334 g/mol. The van der Waals surface area contributed by atoms with E-state index in [0.717, 1.165) is 55.7 Å². The van der Waals surface area contributed by atoms with E-state index in [0.29, 0.717) is 0 Å². The lowest BCUT2D eigenvalue weighted by Crippen LogP contribution is -2.37. The number of aliphatic imine (C=N–C) groups is 1. The number of imidazole rings is 1. The van der Waals surface area contributed by atoms with Gasteiger partial charge in [-0.05, 0) is 26.2 Å². The minimum atomic E-state index is 0.721. The van der Waals surface area contributed by atoms with Gasteiger partial charge in [-0.15, -0.1) is 11.3 Å². The molecule has 2 N–H and O–H groups in total. The average Bonchev–Trinajstić information content (AvgIpc) is 3.19. The number of nitrogens with one attached hydrogen (secondary N) is 2. The van der Waals surface area contributed by atoms with E-state index in [-0.39, 0.29) is 0 Å². The Kier molecular flexibility index (Phi) is 7.06. The van der Waals surface area contributed by atoms with Crippen molar-refractivity contribution in [1.29, 1.82) is 0 Å². The highest BCUT2D eigenvalue weighted by atomic mass is 32.1. The molecule has 0 aromatic carbocycles. The van der Waals surface area contributed by atoms with Crippen LogP contribution < -0.4 is 10.6 Å². The number of hydrogen-bond donors (Lipinski definition) is 2. The molecule has 0 aliphatic carbocycles. The number of thiazole rings is 1. The zero-order valence-electron chi connectivity index (χ0n) is 14.2. The van der Waals surface area contributed by atoms with Crippen LogP contribution in [0.2, 0.25) is 0 Å². The topological polar surface area (TPSA) is 67.1 Å². The number of nitrogens with zero attached hydrogens (tertiary/aromatic N) is 4. The molecule has 2 rings (SSSR count). The Morgan fingerprint density at radius 3 is 2.83 bits per heavy atom. The normalized spacial score (nSPS) is 11.7. The van der Waals surface area contributed by atoms with Crippen LogP contribution in [0.4, 0.5) is 0 Å². The molecule has 23 heavy (non-hydrogen) atoms. The van der Waals surface area contributed by atoms with Crippen molar-refractivity contribution in [3.8, 4) is 0 Å². The lowest BCUT2D eigenvalue weighted by Gasteiger charge is -2.11. The summed E-state index contributed by atoms with van der Waals surface area (Å²) in [7, 11) is 1.80. The van der Waals surface area contributed by atoms with Crippen LogP contribution in [0.5, 0.6) is 0 Å². The Bertz CT molecular complexity index is 616. The van der Waals surface area contributed by atoms with Gasteiger partial charge in [0.1, 0.15) is 10.8 Å². The maximum Gasteiger partial charge on any atom is 0.191 e. The molecule has 6 nitrogen and oxygen atoms in total. The van der Waals surface area contributed by atoms with E-state index >= 15 is 0 Å². The molecule has 0 amide bonds. The minimum absolute atomic E-state index is 0.721. The van der Waals surface area contributed by atoms with E-state index in [2.05, 4.69) is 37.1 Å². The van der Waals surface area contributed by atoms with Gasteiger partial charge in [0.2, 0.25) is 0 Å². The molecule has 2 aromatic heterocycles. The van der Waals surface area contributed by atoms with Gasteiger partial charge in [-0.25, -0.2) is 9.97 Å². The molecule has 2 heterocycles. The van der Waals surface area contributed by atoms with Gasteiger partial charge in [0.25, 0.3) is 0 Å². The SMILES string of the molecule is CCc1cnc(CNC(=NC)NCCCCn2ccnc2C)s1. The Balaban J connectivity index is 1.62. The summed E-state index contributed by atoms with van der Waals surface area (Å²) in [5, 5.41) is 7.75. The summed E-state index contributed by atoms with van der Waals surface area (Å²) in [5.41, 5.74) is 0. The molecule has 0 aliphatic rings. The number of rotatable bonds is 8. The molecule has 7 heteroatoms. The summed E-state index contributed by atoms with van der Waals surface area (Å²) in [5.74, 6) is 1.90. The number of guanidine groups is 1. The first kappa shape index (κ1) is 17.5. The van der Waals surface area contributed by atoms with Gasteiger partial charge in [0.05, 0.1) is 6.54 Å². The van der Waals surface area contributed by atoms with Crippen LogP contribution in [0.1, 0.15) is 35.5 Å². The van der Waals surface area contributed by atoms with Gasteiger partial charge in [-0.3, -0.25) is 4.99 Å². The number of unbranched alkanes of at least 4 members (excludes halogenated alkanes) is 1. The maximum absolute atomic E-state index is 4.40. The summed E-state index contributed by atoms with van der Waals surface area (Å²) in [6, 6.07) is 0. The molecule has 0 fully saturated rings. The van der Waals surface area contributed by atoms with Crippen LogP contribution >= 0.6 is 11.3 Å². The zero-order chi connectivity index (χ0) is 16.5. The van der Waals surface area contributed by atoms with Crippen molar-refractivity contribution in [1.82, 2.24) is 25.2 Å². The second kappa shape index (κ2) is 9.29. The maximum atomic E-state index is 4.40. The monoisotopic (exact) mass is 334 g/mol. The molecule has 0 saturated carbocycles. The van der Waals surface area contributed by atoms with E-state index in [4.69, 9.17) is 0 Å². The highest BCUT2D eigenvalue weighted by molar-refractivity contribution is 7.11. The van der Waals surface area contributed by atoms with Crippen LogP contribution in [-0.2, 0) is 19.5 Å². The summed E-state index contributed by atoms with van der Waals surface area (Å²) in [6.45, 7) is 6.82. The Morgan fingerprint density at radius 1 is 1.30 bits per heavy atom. The second-order valence-electron chi connectivity index (χ2n) is 5.30. The molecule has 2 aromatic rings. The first-order valence-electron chi connectivity index (χ1n) is 8.08. The molecule has 0 unspecified atom stereocenters. The van der Waals surface area contributed by atoms with E-state index in [1.807, 2.05) is 25.5 Å². The summed E-state index contributed by atoms with van der Waals surface area (Å²) in [4.78, 5) is 14.2. The second-order valence-corrected chi connectivity index (χ2v) is 6.50. The van der Waals surface area contributed by atoms with Gasteiger partial charge in [0, 0.05) is 43.6 Å². The predicted molar refractivity (Wildman–Crippen MR) is 95.9 cm³/mol. The molecule has 126 valence electrons. The van der Waals surface area contributed by atoms with Crippen molar-refractivity contribution in [3.63, 3.8) is 0 Å². The van der Waals surface area contributed by atoms with Crippen LogP contribution in [0.3, 0.4) is 0 Å². The minimum Gasteiger partial charge on any atom is -0.356 e. The van der Waals surface area contributed by atoms with Crippen LogP contribution in [-0.4, -0.2) is 34.1 Å². The smallest absolute Gasteiger partial charge is 0.191 e. The zero-order valence-corrected chi connectivity index (χ0v) is 15.0. The quantitative estimate of drug-likeness (QED) is 0.442. The Labute approximate surface area is 142 Å². The third-order valence-corrected chi connectivity index (χ3v) is 4.76. The molecule has 0 aliphatic heterocycles. The first-order valence-corrected chi connectivity index (χ1v) is 8.90. The van der Waals surface area contributed by atoms with Gasteiger partial charge in [-0.1, -0.05) is 6.92 Å². The summed E-state index contributed by atoms with van der Waals surface area (Å²) in [6.07, 6.45) is 9.09. The van der Waals surface area contributed by atoms with Gasteiger partial charge < -0.3 is 15.2 Å². The number of hydrogen-bond acceptors (Lipinski definition) is 4. The van der Waals surface area contributed by atoms with Crippen molar-refractivity contribution in [2.24, 2.45) is 4.99 Å². The Morgan fingerprint density at radius 2 is 2.17 bits per heavy atom. The third kappa shape index (κ3) is 5.67. The van der Waals surface area contributed by atoms with Crippen LogP contribution in [0.15, 0.2) is 23.6 Å². The third-order valence-electron chi connectivity index (χ3n) is 3.62. The fraction of sp³-hybridized carbons (Fsp3) is 0.562. The molecule has 0 atom stereocenters. The van der Waals surface area contributed by atoms with Crippen molar-refractivity contribution < 1.29 is 0 Å². The molecule has 0 radical (unpaired) electrons. The van der Waals surface area contributed by atoms with E-state index in [1.54, 1.807) is 18.4 Å². The van der Waals surface area contributed by atoms with E-state index in [1.165, 1.54) is 4.88 Å². The summed E-state index contributed by atoms with van der Waals surface area (Å²) >= 11 is 1.75. The molecule has 0 spiro atoms. The van der Waals surface area contributed by atoms with Crippen molar-refractivity contribution in [2.45, 2.75) is 46.2 Å². The Hall–Kier alpha value is -1.89. The van der Waals surface area contributed by atoms with Gasteiger partial charge >= 0.3 is 0 Å². The largest absolute Gasteiger partial charge is 0.356 e. The van der Waals surface area contributed by atoms with Crippen molar-refractivity contribution >= 4 is 17.3 Å². The van der Waals surface area contributed by atoms with Crippen molar-refractivity contribution in [3.05, 3.63) is 34.3 Å². The lowest BCUT2D eigenvalue weighted by atomic mass is 10.3. The predicted octanol–water partition coefficient (Wildman–Crippen LogP) is 2.36. The highest BCUT2D eigenvalue weighted by Gasteiger charge is 2.02. The molecular weight excluding hydrogens is 308 g/mol. The van der Waals surface area contributed by atoms with E-state index < -0.39 is 0 Å². The molecule has 0 bridgehead atoms. The van der Waals surface area contributed by atoms with Gasteiger partial charge in [0.15, 0.2) is 5.96 Å². The highest BCUT2D eigenvalue weighted by Crippen LogP contribution is 2.12. The van der Waals surface area contributed by atoms with E-state index in [9.17, 15) is 0 Å². The number of aryl methyl sites for hydroxylation is 3. The molecule has 0 saturated heterocycles.